The van der Waals surface area contributed by atoms with Crippen LogP contribution in [0.3, 0.4) is 0 Å². The van der Waals surface area contributed by atoms with Gasteiger partial charge in [0.1, 0.15) is 0 Å². The van der Waals surface area contributed by atoms with Crippen LogP contribution in [0.25, 0.3) is 0 Å². The summed E-state index contributed by atoms with van der Waals surface area (Å²) in [4.78, 5) is 10.5. The highest BCUT2D eigenvalue weighted by Crippen LogP contribution is 2.19. The first kappa shape index (κ1) is 11.3. The third-order valence-corrected chi connectivity index (χ3v) is 2.35. The number of alkyl halides is 3. The van der Waals surface area contributed by atoms with Crippen LogP contribution in [0.4, 0.5) is 13.2 Å². The molecule has 0 aromatic rings. The average Bonchev–Trinajstić information content (AvgIpc) is 2.47. The summed E-state index contributed by atoms with van der Waals surface area (Å²) in [5.41, 5.74) is -0.388. The lowest BCUT2D eigenvalue weighted by molar-refractivity contribution is -0.173. The highest BCUT2D eigenvalue weighted by atomic mass is 19.4. The van der Waals surface area contributed by atoms with Gasteiger partial charge in [-0.25, -0.2) is 0 Å². The molecule has 1 atom stereocenters. The predicted molar refractivity (Wildman–Crippen MR) is 44.7 cm³/mol. The molecule has 0 aromatic carbocycles. The minimum Gasteiger partial charge on any atom is -0.346 e. The van der Waals surface area contributed by atoms with Gasteiger partial charge in [0.05, 0.1) is 0 Å². The van der Waals surface area contributed by atoms with Gasteiger partial charge in [-0.05, 0) is 26.3 Å². The zero-order valence-electron chi connectivity index (χ0n) is 7.87. The van der Waals surface area contributed by atoms with Crippen molar-refractivity contribution in [3.63, 3.8) is 0 Å². The van der Waals surface area contributed by atoms with Crippen LogP contribution in [-0.2, 0) is 4.79 Å². The molecule has 6 heteroatoms. The van der Waals surface area contributed by atoms with E-state index in [9.17, 15) is 18.0 Å². The van der Waals surface area contributed by atoms with E-state index in [1.165, 1.54) is 0 Å². The molecular weight excluding hydrogens is 197 g/mol. The van der Waals surface area contributed by atoms with Crippen molar-refractivity contribution in [1.29, 1.82) is 0 Å². The molecule has 1 heterocycles. The van der Waals surface area contributed by atoms with Crippen LogP contribution in [0, 0.1) is 0 Å². The summed E-state index contributed by atoms with van der Waals surface area (Å²) in [7, 11) is 0. The quantitative estimate of drug-likeness (QED) is 0.708. The van der Waals surface area contributed by atoms with E-state index in [1.807, 2.05) is 5.32 Å². The van der Waals surface area contributed by atoms with E-state index in [-0.39, 0.29) is 12.1 Å². The second-order valence-electron chi connectivity index (χ2n) is 3.77. The molecule has 1 aliphatic heterocycles. The van der Waals surface area contributed by atoms with Crippen molar-refractivity contribution in [1.82, 2.24) is 10.6 Å². The SMILES string of the molecule is CC1(CNC(=O)C(F)(F)F)CCCN1. The summed E-state index contributed by atoms with van der Waals surface area (Å²) in [6.07, 6.45) is -3.07. The Labute approximate surface area is 80.0 Å². The maximum Gasteiger partial charge on any atom is 0.471 e. The van der Waals surface area contributed by atoms with Crippen molar-refractivity contribution in [2.24, 2.45) is 0 Å². The van der Waals surface area contributed by atoms with Crippen LogP contribution in [0.1, 0.15) is 19.8 Å². The van der Waals surface area contributed by atoms with Gasteiger partial charge in [0.25, 0.3) is 0 Å². The number of carbonyl (C=O) groups is 1. The van der Waals surface area contributed by atoms with Gasteiger partial charge in [-0.3, -0.25) is 4.79 Å². The molecule has 1 saturated heterocycles. The molecule has 0 aliphatic carbocycles. The topological polar surface area (TPSA) is 41.1 Å². The third kappa shape index (κ3) is 2.87. The number of hydrogen-bond donors (Lipinski definition) is 2. The fourth-order valence-corrected chi connectivity index (χ4v) is 1.48. The molecule has 0 radical (unpaired) electrons. The van der Waals surface area contributed by atoms with E-state index in [0.29, 0.717) is 0 Å². The molecule has 2 N–H and O–H groups in total. The Bertz CT molecular complexity index is 221. The second-order valence-corrected chi connectivity index (χ2v) is 3.77. The van der Waals surface area contributed by atoms with E-state index in [1.54, 1.807) is 6.92 Å². The Morgan fingerprint density at radius 3 is 2.64 bits per heavy atom. The summed E-state index contributed by atoms with van der Waals surface area (Å²) < 4.78 is 35.4. The molecule has 0 saturated carbocycles. The maximum absolute atomic E-state index is 11.8. The van der Waals surface area contributed by atoms with Crippen molar-refractivity contribution in [3.05, 3.63) is 0 Å². The third-order valence-electron chi connectivity index (χ3n) is 2.35. The van der Waals surface area contributed by atoms with Crippen LogP contribution in [0.15, 0.2) is 0 Å². The molecule has 82 valence electrons. The van der Waals surface area contributed by atoms with Crippen LogP contribution < -0.4 is 10.6 Å². The van der Waals surface area contributed by atoms with Gasteiger partial charge in [0.2, 0.25) is 0 Å². The summed E-state index contributed by atoms with van der Waals surface area (Å²) >= 11 is 0. The van der Waals surface area contributed by atoms with Crippen LogP contribution in [-0.4, -0.2) is 30.7 Å². The summed E-state index contributed by atoms with van der Waals surface area (Å²) in [6.45, 7) is 2.61. The van der Waals surface area contributed by atoms with Gasteiger partial charge < -0.3 is 10.6 Å². The van der Waals surface area contributed by atoms with Gasteiger partial charge in [-0.15, -0.1) is 0 Å². The van der Waals surface area contributed by atoms with Gasteiger partial charge >= 0.3 is 12.1 Å². The summed E-state index contributed by atoms with van der Waals surface area (Å²) in [6, 6.07) is 0. The average molecular weight is 210 g/mol. The molecule has 1 aliphatic rings. The normalized spacial score (nSPS) is 27.7. The molecule has 1 amide bonds. The minimum absolute atomic E-state index is 0.0192. The number of rotatable bonds is 2. The van der Waals surface area contributed by atoms with Crippen molar-refractivity contribution in [2.75, 3.05) is 13.1 Å². The van der Waals surface area contributed by atoms with E-state index in [2.05, 4.69) is 5.32 Å². The number of nitrogens with one attached hydrogen (secondary N) is 2. The van der Waals surface area contributed by atoms with Crippen molar-refractivity contribution in [2.45, 2.75) is 31.5 Å². The lowest BCUT2D eigenvalue weighted by Gasteiger charge is -2.24. The monoisotopic (exact) mass is 210 g/mol. The van der Waals surface area contributed by atoms with E-state index in [4.69, 9.17) is 0 Å². The lowest BCUT2D eigenvalue weighted by atomic mass is 10.0. The highest BCUT2D eigenvalue weighted by molar-refractivity contribution is 5.81. The van der Waals surface area contributed by atoms with Crippen LogP contribution in [0.2, 0.25) is 0 Å². The van der Waals surface area contributed by atoms with E-state index in [0.717, 1.165) is 19.4 Å². The Balaban J connectivity index is 2.37. The number of hydrogen-bond acceptors (Lipinski definition) is 2. The molecule has 0 spiro atoms. The molecule has 1 fully saturated rings. The number of amides is 1. The minimum atomic E-state index is -4.78. The number of halogens is 3. The lowest BCUT2D eigenvalue weighted by Crippen LogP contribution is -2.50. The molecule has 0 bridgehead atoms. The summed E-state index contributed by atoms with van der Waals surface area (Å²) in [5, 5.41) is 4.94. The van der Waals surface area contributed by atoms with Gasteiger partial charge in [-0.2, -0.15) is 13.2 Å². The van der Waals surface area contributed by atoms with E-state index < -0.39 is 12.1 Å². The van der Waals surface area contributed by atoms with Gasteiger partial charge in [0.15, 0.2) is 0 Å². The van der Waals surface area contributed by atoms with Gasteiger partial charge in [-0.1, -0.05) is 0 Å². The summed E-state index contributed by atoms with van der Waals surface area (Å²) in [5.74, 6) is -1.87. The molecular formula is C8H13F3N2O. The molecule has 1 rings (SSSR count). The second kappa shape index (κ2) is 3.76. The van der Waals surface area contributed by atoms with Crippen LogP contribution >= 0.6 is 0 Å². The van der Waals surface area contributed by atoms with E-state index >= 15 is 0 Å². The first-order valence-corrected chi connectivity index (χ1v) is 4.44. The Hall–Kier alpha value is -0.780. The standard InChI is InChI=1S/C8H13F3N2O/c1-7(3-2-4-13-7)5-12-6(14)8(9,10)11/h13H,2-5H2,1H3,(H,12,14). The van der Waals surface area contributed by atoms with Crippen molar-refractivity contribution >= 4 is 5.91 Å². The Morgan fingerprint density at radius 2 is 2.21 bits per heavy atom. The first-order valence-electron chi connectivity index (χ1n) is 4.44. The van der Waals surface area contributed by atoms with Crippen molar-refractivity contribution < 1.29 is 18.0 Å². The fourth-order valence-electron chi connectivity index (χ4n) is 1.48. The Kier molecular flexibility index (Phi) is 3.04. The smallest absolute Gasteiger partial charge is 0.346 e. The zero-order chi connectivity index (χ0) is 10.8. The van der Waals surface area contributed by atoms with Crippen LogP contribution in [0.5, 0.6) is 0 Å². The maximum atomic E-state index is 11.8. The molecule has 3 nitrogen and oxygen atoms in total. The van der Waals surface area contributed by atoms with Crippen molar-refractivity contribution in [3.8, 4) is 0 Å². The largest absolute Gasteiger partial charge is 0.471 e. The molecule has 14 heavy (non-hydrogen) atoms. The van der Waals surface area contributed by atoms with Gasteiger partial charge in [0, 0.05) is 12.1 Å². The molecule has 0 aromatic heterocycles. The Morgan fingerprint density at radius 1 is 1.57 bits per heavy atom. The zero-order valence-corrected chi connectivity index (χ0v) is 7.87. The first-order chi connectivity index (χ1) is 6.33. The highest BCUT2D eigenvalue weighted by Gasteiger charge is 2.40. The number of carbonyl (C=O) groups excluding carboxylic acids is 1. The molecule has 1 unspecified atom stereocenters. The fraction of sp³-hybridized carbons (Fsp3) is 0.875. The predicted octanol–water partition coefficient (Wildman–Crippen LogP) is 0.807.